The average molecular weight is 386 g/mol. The number of benzene rings is 1. The van der Waals surface area contributed by atoms with Crippen LogP contribution in [0.1, 0.15) is 57.6 Å². The van der Waals surface area contributed by atoms with Gasteiger partial charge < -0.3 is 15.5 Å². The van der Waals surface area contributed by atoms with Crippen LogP contribution in [0.3, 0.4) is 0 Å². The van der Waals surface area contributed by atoms with Crippen LogP contribution < -0.4 is 10.6 Å². The van der Waals surface area contributed by atoms with Gasteiger partial charge in [-0.1, -0.05) is 37.1 Å². The van der Waals surface area contributed by atoms with E-state index in [1.807, 2.05) is 29.2 Å². The fourth-order valence-electron chi connectivity index (χ4n) is 3.76. The fourth-order valence-corrected chi connectivity index (χ4v) is 3.76. The lowest BCUT2D eigenvalue weighted by molar-refractivity contribution is -0.130. The van der Waals surface area contributed by atoms with E-state index < -0.39 is 5.54 Å². The monoisotopic (exact) mass is 386 g/mol. The van der Waals surface area contributed by atoms with Gasteiger partial charge in [0.1, 0.15) is 5.54 Å². The molecule has 7 heteroatoms. The molecule has 0 aromatic heterocycles. The van der Waals surface area contributed by atoms with Gasteiger partial charge in [0, 0.05) is 19.1 Å². The summed E-state index contributed by atoms with van der Waals surface area (Å²) in [6.07, 6.45) is 4.49. The van der Waals surface area contributed by atoms with E-state index in [4.69, 9.17) is 0 Å². The van der Waals surface area contributed by atoms with E-state index in [0.29, 0.717) is 6.54 Å². The van der Waals surface area contributed by atoms with Crippen molar-refractivity contribution in [3.8, 4) is 0 Å². The zero-order valence-corrected chi connectivity index (χ0v) is 17.0. The first-order chi connectivity index (χ1) is 13.3. The van der Waals surface area contributed by atoms with Gasteiger partial charge in [0.2, 0.25) is 0 Å². The van der Waals surface area contributed by atoms with E-state index in [2.05, 4.69) is 17.6 Å². The third kappa shape index (κ3) is 4.46. The van der Waals surface area contributed by atoms with E-state index in [1.165, 1.54) is 17.7 Å². The molecule has 1 aromatic carbocycles. The summed E-state index contributed by atoms with van der Waals surface area (Å²) in [7, 11) is 0. The Balaban J connectivity index is 1.54. The molecule has 1 aromatic rings. The number of carbonyl (C=O) groups excluding carboxylic acids is 3. The molecule has 2 aliphatic heterocycles. The number of likely N-dealkylation sites (tertiary alicyclic amines) is 1. The Kier molecular flexibility index (Phi) is 5.91. The molecule has 28 heavy (non-hydrogen) atoms. The molecule has 0 radical (unpaired) electrons. The molecule has 5 amide bonds. The fraction of sp³-hybridized carbons (Fsp3) is 0.571. The molecule has 152 valence electrons. The Labute approximate surface area is 166 Å². The van der Waals surface area contributed by atoms with Crippen LogP contribution in [0.4, 0.5) is 9.59 Å². The van der Waals surface area contributed by atoms with Crippen LogP contribution in [0.5, 0.6) is 0 Å². The predicted octanol–water partition coefficient (Wildman–Crippen LogP) is 2.99. The third-order valence-corrected chi connectivity index (χ3v) is 5.57. The summed E-state index contributed by atoms with van der Waals surface area (Å²) >= 11 is 0. The van der Waals surface area contributed by atoms with Gasteiger partial charge in [-0.3, -0.25) is 9.69 Å². The van der Waals surface area contributed by atoms with E-state index in [0.717, 1.165) is 30.5 Å². The number of hydrogen-bond donors (Lipinski definition) is 2. The minimum atomic E-state index is -0.855. The summed E-state index contributed by atoms with van der Waals surface area (Å²) in [5.74, 6) is -0.222. The second-order valence-corrected chi connectivity index (χ2v) is 8.31. The number of imide groups is 1. The predicted molar refractivity (Wildman–Crippen MR) is 106 cm³/mol. The highest BCUT2D eigenvalue weighted by molar-refractivity contribution is 6.06. The minimum Gasteiger partial charge on any atom is -0.334 e. The lowest BCUT2D eigenvalue weighted by Gasteiger charge is -2.27. The zero-order chi connectivity index (χ0) is 20.3. The normalized spacial score (nSPS) is 22.0. The van der Waals surface area contributed by atoms with Crippen molar-refractivity contribution in [2.75, 3.05) is 6.54 Å². The molecule has 1 atom stereocenters. The molecule has 0 bridgehead atoms. The third-order valence-electron chi connectivity index (χ3n) is 5.57. The highest BCUT2D eigenvalue weighted by Gasteiger charge is 2.44. The summed E-state index contributed by atoms with van der Waals surface area (Å²) in [5, 5.41) is 5.68. The first-order valence-electron chi connectivity index (χ1n) is 10.0. The van der Waals surface area contributed by atoms with Gasteiger partial charge in [0.15, 0.2) is 0 Å². The Morgan fingerprint density at radius 1 is 1.14 bits per heavy atom. The molecule has 0 aliphatic carbocycles. The summed E-state index contributed by atoms with van der Waals surface area (Å²) < 4.78 is 0. The van der Waals surface area contributed by atoms with Gasteiger partial charge in [0.05, 0.1) is 6.54 Å². The van der Waals surface area contributed by atoms with Crippen LogP contribution in [-0.4, -0.2) is 45.9 Å². The second-order valence-electron chi connectivity index (χ2n) is 8.31. The first kappa shape index (κ1) is 20.2. The van der Waals surface area contributed by atoms with Gasteiger partial charge in [0.25, 0.3) is 5.91 Å². The van der Waals surface area contributed by atoms with E-state index in [-0.39, 0.29) is 30.6 Å². The van der Waals surface area contributed by atoms with Crippen molar-refractivity contribution in [2.45, 2.75) is 71.1 Å². The number of hydrogen-bond acceptors (Lipinski definition) is 3. The standard InChI is InChI=1S/C21H30N4O3/c1-15-7-5-4-6-12-24(15)19(27)22-13-16-8-10-17(11-9-16)14-25-18(26)21(2,3)23-20(25)28/h8-11,15H,4-7,12-14H2,1-3H3,(H,22,27)(H,23,28)/t15-/m0/s1. The molecule has 2 heterocycles. The maximum absolute atomic E-state index is 12.5. The highest BCUT2D eigenvalue weighted by Crippen LogP contribution is 2.20. The average Bonchev–Trinajstić information content (AvgIpc) is 2.81. The molecule has 2 N–H and O–H groups in total. The molecule has 0 unspecified atom stereocenters. The van der Waals surface area contributed by atoms with Crippen molar-refractivity contribution in [3.63, 3.8) is 0 Å². The summed E-state index contributed by atoms with van der Waals surface area (Å²) in [5.41, 5.74) is 1.00. The molecule has 0 saturated carbocycles. The maximum atomic E-state index is 12.5. The molecular formula is C21H30N4O3. The van der Waals surface area contributed by atoms with Crippen LogP contribution in [0.2, 0.25) is 0 Å². The van der Waals surface area contributed by atoms with Gasteiger partial charge in [-0.2, -0.15) is 0 Å². The zero-order valence-electron chi connectivity index (χ0n) is 17.0. The van der Waals surface area contributed by atoms with Crippen LogP contribution in [-0.2, 0) is 17.9 Å². The lowest BCUT2D eigenvalue weighted by Crippen LogP contribution is -2.44. The van der Waals surface area contributed by atoms with Gasteiger partial charge in [-0.25, -0.2) is 9.59 Å². The summed E-state index contributed by atoms with van der Waals surface area (Å²) in [4.78, 5) is 39.9. The lowest BCUT2D eigenvalue weighted by atomic mass is 10.1. The van der Waals surface area contributed by atoms with Crippen molar-refractivity contribution in [2.24, 2.45) is 0 Å². The first-order valence-corrected chi connectivity index (χ1v) is 10.0. The molecule has 2 aliphatic rings. The Hall–Kier alpha value is -2.57. The highest BCUT2D eigenvalue weighted by atomic mass is 16.2. The Morgan fingerprint density at radius 2 is 1.82 bits per heavy atom. The number of nitrogens with one attached hydrogen (secondary N) is 2. The number of nitrogens with zero attached hydrogens (tertiary/aromatic N) is 2. The molecule has 2 fully saturated rings. The smallest absolute Gasteiger partial charge is 0.325 e. The van der Waals surface area contributed by atoms with Crippen molar-refractivity contribution in [3.05, 3.63) is 35.4 Å². The SMILES string of the molecule is C[C@H]1CCCCCN1C(=O)NCc1ccc(CN2C(=O)NC(C)(C)C2=O)cc1. The van der Waals surface area contributed by atoms with Crippen molar-refractivity contribution >= 4 is 18.0 Å². The van der Waals surface area contributed by atoms with Gasteiger partial charge >= 0.3 is 12.1 Å². The van der Waals surface area contributed by atoms with Gasteiger partial charge in [-0.05, 0) is 44.7 Å². The molecule has 2 saturated heterocycles. The van der Waals surface area contributed by atoms with Gasteiger partial charge in [-0.15, -0.1) is 0 Å². The van der Waals surface area contributed by atoms with E-state index >= 15 is 0 Å². The largest absolute Gasteiger partial charge is 0.334 e. The number of urea groups is 2. The van der Waals surface area contributed by atoms with Crippen molar-refractivity contribution < 1.29 is 14.4 Å². The summed E-state index contributed by atoms with van der Waals surface area (Å²) in [6.45, 7) is 7.02. The molecule has 7 nitrogen and oxygen atoms in total. The molecule has 3 rings (SSSR count). The number of carbonyl (C=O) groups is 3. The van der Waals surface area contributed by atoms with Crippen molar-refractivity contribution in [1.29, 1.82) is 0 Å². The molecular weight excluding hydrogens is 356 g/mol. The number of rotatable bonds is 4. The Morgan fingerprint density at radius 3 is 2.46 bits per heavy atom. The van der Waals surface area contributed by atoms with E-state index in [9.17, 15) is 14.4 Å². The van der Waals surface area contributed by atoms with E-state index in [1.54, 1.807) is 13.8 Å². The molecule has 0 spiro atoms. The summed E-state index contributed by atoms with van der Waals surface area (Å²) in [6, 6.07) is 7.52. The Bertz CT molecular complexity index is 745. The number of amides is 5. The van der Waals surface area contributed by atoms with Crippen LogP contribution in [0, 0.1) is 0 Å². The topological polar surface area (TPSA) is 81.8 Å². The van der Waals surface area contributed by atoms with Crippen molar-refractivity contribution in [1.82, 2.24) is 20.4 Å². The minimum absolute atomic E-state index is 0.0138. The van der Waals surface area contributed by atoms with Crippen LogP contribution in [0.15, 0.2) is 24.3 Å². The maximum Gasteiger partial charge on any atom is 0.325 e. The van der Waals surface area contributed by atoms with Crippen LogP contribution >= 0.6 is 0 Å². The van der Waals surface area contributed by atoms with Crippen LogP contribution in [0.25, 0.3) is 0 Å². The quantitative estimate of drug-likeness (QED) is 0.781. The second kappa shape index (κ2) is 8.20.